The van der Waals surface area contributed by atoms with E-state index in [1.54, 1.807) is 30.3 Å². The van der Waals surface area contributed by atoms with Crippen molar-refractivity contribution in [1.82, 2.24) is 0 Å². The predicted octanol–water partition coefficient (Wildman–Crippen LogP) is 5.37. The molecule has 3 nitrogen and oxygen atoms in total. The van der Waals surface area contributed by atoms with Gasteiger partial charge in [0.05, 0.1) is 0 Å². The molecule has 0 fully saturated rings. The van der Waals surface area contributed by atoms with Crippen LogP contribution in [-0.2, 0) is 16.6 Å². The van der Waals surface area contributed by atoms with E-state index in [1.165, 1.54) is 0 Å². The lowest BCUT2D eigenvalue weighted by atomic mass is 9.87. The third kappa shape index (κ3) is 4.89. The first-order valence-corrected chi connectivity index (χ1v) is 8.36. The molecule has 1 atom stereocenters. The van der Waals surface area contributed by atoms with Crippen LogP contribution in [0.15, 0.2) is 42.5 Å². The molecule has 0 saturated carbocycles. The summed E-state index contributed by atoms with van der Waals surface area (Å²) in [6, 6.07) is 12.5. The molecule has 2 aromatic rings. The quantitative estimate of drug-likeness (QED) is 0.773. The lowest BCUT2D eigenvalue weighted by molar-refractivity contribution is -0.145. The van der Waals surface area contributed by atoms with Crippen molar-refractivity contribution in [1.29, 1.82) is 0 Å². The summed E-state index contributed by atoms with van der Waals surface area (Å²) in [5.74, 6) is -0.526. The molecule has 1 N–H and O–H groups in total. The van der Waals surface area contributed by atoms with Crippen molar-refractivity contribution in [3.05, 3.63) is 63.6 Å². The number of benzene rings is 2. The Balaban J connectivity index is 2.15. The molecule has 0 aromatic heterocycles. The molecule has 0 aliphatic carbocycles. The molecule has 24 heavy (non-hydrogen) atoms. The Morgan fingerprint density at radius 1 is 1.12 bits per heavy atom. The molecule has 0 amide bonds. The van der Waals surface area contributed by atoms with Crippen molar-refractivity contribution in [2.45, 2.75) is 38.7 Å². The molecule has 0 heterocycles. The van der Waals surface area contributed by atoms with Gasteiger partial charge in [-0.25, -0.2) is 4.79 Å². The van der Waals surface area contributed by atoms with E-state index in [1.807, 2.05) is 12.1 Å². The fraction of sp³-hybridized carbons (Fsp3) is 0.316. The Morgan fingerprint density at radius 2 is 1.75 bits per heavy atom. The van der Waals surface area contributed by atoms with Crippen molar-refractivity contribution in [2.24, 2.45) is 0 Å². The molecule has 5 heteroatoms. The van der Waals surface area contributed by atoms with Crippen LogP contribution in [0, 0.1) is 0 Å². The van der Waals surface area contributed by atoms with Gasteiger partial charge in [0, 0.05) is 16.5 Å². The van der Waals surface area contributed by atoms with Gasteiger partial charge >= 0.3 is 5.97 Å². The van der Waals surface area contributed by atoms with E-state index in [4.69, 9.17) is 27.9 Å². The van der Waals surface area contributed by atoms with Crippen molar-refractivity contribution in [3.63, 3.8) is 0 Å². The minimum Gasteiger partial charge on any atom is -0.478 e. The van der Waals surface area contributed by atoms with Gasteiger partial charge in [-0.3, -0.25) is 0 Å². The molecule has 2 aromatic carbocycles. The predicted molar refractivity (Wildman–Crippen MR) is 97.4 cm³/mol. The second-order valence-corrected chi connectivity index (χ2v) is 7.50. The maximum absolute atomic E-state index is 11.5. The average Bonchev–Trinajstić information content (AvgIpc) is 2.48. The molecule has 0 saturated heterocycles. The van der Waals surface area contributed by atoms with E-state index in [0.29, 0.717) is 21.4 Å². The van der Waals surface area contributed by atoms with Gasteiger partial charge in [0.15, 0.2) is 6.10 Å². The normalized spacial score (nSPS) is 12.7. The number of carboxylic acids is 1. The minimum absolute atomic E-state index is 0.0293. The molecule has 1 unspecified atom stereocenters. The highest BCUT2D eigenvalue weighted by molar-refractivity contribution is 6.35. The van der Waals surface area contributed by atoms with Crippen LogP contribution in [-0.4, -0.2) is 17.2 Å². The third-order valence-corrected chi connectivity index (χ3v) is 4.28. The highest BCUT2D eigenvalue weighted by Crippen LogP contribution is 2.26. The van der Waals surface area contributed by atoms with Gasteiger partial charge in [0.25, 0.3) is 0 Å². The van der Waals surface area contributed by atoms with Gasteiger partial charge in [-0.2, -0.15) is 0 Å². The zero-order chi connectivity index (χ0) is 17.9. The van der Waals surface area contributed by atoms with Crippen molar-refractivity contribution >= 4 is 29.2 Å². The summed E-state index contributed by atoms with van der Waals surface area (Å²) in [6.45, 7) is 6.35. The summed E-state index contributed by atoms with van der Waals surface area (Å²) >= 11 is 12.0. The molecule has 0 radical (unpaired) electrons. The molecular weight excluding hydrogens is 347 g/mol. The average molecular weight is 367 g/mol. The van der Waals surface area contributed by atoms with Crippen LogP contribution >= 0.6 is 23.2 Å². The standard InChI is InChI=1S/C19H20Cl2O3/c1-19(2,3)13-5-8-15(9-6-13)24-17(18(22)23)10-12-4-7-14(20)11-16(12)21/h4-9,11,17H,10H2,1-3H3,(H,22,23). The Bertz CT molecular complexity index is 718. The van der Waals surface area contributed by atoms with Gasteiger partial charge < -0.3 is 9.84 Å². The summed E-state index contributed by atoms with van der Waals surface area (Å²) in [4.78, 5) is 11.5. The minimum atomic E-state index is -1.04. The summed E-state index contributed by atoms with van der Waals surface area (Å²) < 4.78 is 5.64. The van der Waals surface area contributed by atoms with Gasteiger partial charge in [0.1, 0.15) is 5.75 Å². The summed E-state index contributed by atoms with van der Waals surface area (Å²) in [5.41, 5.74) is 1.86. The maximum atomic E-state index is 11.5. The second-order valence-electron chi connectivity index (χ2n) is 6.66. The van der Waals surface area contributed by atoms with E-state index in [9.17, 15) is 9.90 Å². The summed E-state index contributed by atoms with van der Waals surface area (Å²) in [5, 5.41) is 10.4. The molecule has 128 valence electrons. The largest absolute Gasteiger partial charge is 0.478 e. The topological polar surface area (TPSA) is 46.5 Å². The number of rotatable bonds is 5. The fourth-order valence-electron chi connectivity index (χ4n) is 2.26. The van der Waals surface area contributed by atoms with Gasteiger partial charge in [-0.05, 0) is 40.8 Å². The van der Waals surface area contributed by atoms with Crippen LogP contribution in [0.3, 0.4) is 0 Å². The van der Waals surface area contributed by atoms with Gasteiger partial charge in [-0.15, -0.1) is 0 Å². The van der Waals surface area contributed by atoms with Crippen molar-refractivity contribution < 1.29 is 14.6 Å². The Morgan fingerprint density at radius 3 is 2.25 bits per heavy atom. The molecule has 0 aliphatic rings. The van der Waals surface area contributed by atoms with Crippen LogP contribution in [0.4, 0.5) is 0 Å². The number of hydrogen-bond acceptors (Lipinski definition) is 2. The molecule has 2 rings (SSSR count). The van der Waals surface area contributed by atoms with E-state index in [0.717, 1.165) is 5.56 Å². The second kappa shape index (κ2) is 7.45. The van der Waals surface area contributed by atoms with Crippen LogP contribution in [0.25, 0.3) is 0 Å². The molecular formula is C19H20Cl2O3. The number of aliphatic carboxylic acids is 1. The first-order chi connectivity index (χ1) is 11.2. The van der Waals surface area contributed by atoms with Crippen LogP contribution < -0.4 is 4.74 Å². The Labute approximate surface area is 152 Å². The first-order valence-electron chi connectivity index (χ1n) is 7.61. The highest BCUT2D eigenvalue weighted by atomic mass is 35.5. The summed E-state index contributed by atoms with van der Waals surface area (Å²) in [7, 11) is 0. The van der Waals surface area contributed by atoms with E-state index in [-0.39, 0.29) is 11.8 Å². The molecule has 0 aliphatic heterocycles. The van der Waals surface area contributed by atoms with Crippen molar-refractivity contribution in [3.8, 4) is 5.75 Å². The maximum Gasteiger partial charge on any atom is 0.345 e. The zero-order valence-corrected chi connectivity index (χ0v) is 15.4. The van der Waals surface area contributed by atoms with E-state index >= 15 is 0 Å². The summed E-state index contributed by atoms with van der Waals surface area (Å²) in [6.07, 6.45) is -0.865. The number of halogens is 2. The number of hydrogen-bond donors (Lipinski definition) is 1. The number of ether oxygens (including phenoxy) is 1. The monoisotopic (exact) mass is 366 g/mol. The smallest absolute Gasteiger partial charge is 0.345 e. The number of carbonyl (C=O) groups is 1. The fourth-order valence-corrected chi connectivity index (χ4v) is 2.75. The highest BCUT2D eigenvalue weighted by Gasteiger charge is 2.22. The Hall–Kier alpha value is -1.71. The lowest BCUT2D eigenvalue weighted by Gasteiger charge is -2.20. The van der Waals surface area contributed by atoms with Gasteiger partial charge in [0.2, 0.25) is 0 Å². The van der Waals surface area contributed by atoms with Crippen LogP contribution in [0.2, 0.25) is 10.0 Å². The van der Waals surface area contributed by atoms with Crippen LogP contribution in [0.5, 0.6) is 5.75 Å². The van der Waals surface area contributed by atoms with E-state index < -0.39 is 12.1 Å². The zero-order valence-electron chi connectivity index (χ0n) is 13.8. The first kappa shape index (κ1) is 18.6. The SMILES string of the molecule is CC(C)(C)c1ccc(OC(Cc2ccc(Cl)cc2Cl)C(=O)O)cc1. The number of carboxylic acid groups (broad SMARTS) is 1. The molecule has 0 bridgehead atoms. The third-order valence-electron chi connectivity index (χ3n) is 3.69. The Kier molecular flexibility index (Phi) is 5.79. The van der Waals surface area contributed by atoms with Crippen molar-refractivity contribution in [2.75, 3.05) is 0 Å². The van der Waals surface area contributed by atoms with Gasteiger partial charge in [-0.1, -0.05) is 62.2 Å². The lowest BCUT2D eigenvalue weighted by Crippen LogP contribution is -2.29. The van der Waals surface area contributed by atoms with Crippen LogP contribution in [0.1, 0.15) is 31.9 Å². The molecule has 0 spiro atoms. The van der Waals surface area contributed by atoms with E-state index in [2.05, 4.69) is 20.8 Å².